The van der Waals surface area contributed by atoms with Crippen molar-refractivity contribution in [1.82, 2.24) is 19.4 Å². The van der Waals surface area contributed by atoms with Gasteiger partial charge in [-0.3, -0.25) is 9.69 Å². The monoisotopic (exact) mass is 369 g/mol. The molecule has 2 aliphatic rings. The average molecular weight is 369 g/mol. The number of hydrogen-bond donors (Lipinski definition) is 0. The largest absolute Gasteiger partial charge is 0.378 e. The quantitative estimate of drug-likeness (QED) is 0.811. The summed E-state index contributed by atoms with van der Waals surface area (Å²) in [6.07, 6.45) is 3.80. The summed E-state index contributed by atoms with van der Waals surface area (Å²) in [4.78, 5) is 23.8. The molecule has 1 aromatic carbocycles. The minimum Gasteiger partial charge on any atom is -0.378 e. The molecular formula is C20H27N5O2. The van der Waals surface area contributed by atoms with E-state index in [4.69, 9.17) is 4.74 Å². The van der Waals surface area contributed by atoms with Crippen molar-refractivity contribution in [2.24, 2.45) is 7.05 Å². The molecule has 0 spiro atoms. The summed E-state index contributed by atoms with van der Waals surface area (Å²) >= 11 is 0. The number of imidazole rings is 1. The second-order valence-electron chi connectivity index (χ2n) is 7.17. The lowest BCUT2D eigenvalue weighted by Gasteiger charge is -2.34. The Bertz CT molecular complexity index is 759. The van der Waals surface area contributed by atoms with Crippen LogP contribution in [0.3, 0.4) is 0 Å². The van der Waals surface area contributed by atoms with Crippen LogP contribution in [0, 0.1) is 0 Å². The number of carbonyl (C=O) groups excluding carboxylic acids is 1. The Balaban J connectivity index is 1.31. The smallest absolute Gasteiger partial charge is 0.253 e. The molecule has 1 aromatic heterocycles. The Hall–Kier alpha value is -2.38. The van der Waals surface area contributed by atoms with Gasteiger partial charge in [0.05, 0.1) is 19.8 Å². The first-order valence-electron chi connectivity index (χ1n) is 9.61. The van der Waals surface area contributed by atoms with Crippen LogP contribution >= 0.6 is 0 Å². The Labute approximate surface area is 160 Å². The van der Waals surface area contributed by atoms with Crippen LogP contribution in [0.15, 0.2) is 36.7 Å². The number of amides is 1. The van der Waals surface area contributed by atoms with Gasteiger partial charge in [0.15, 0.2) is 0 Å². The van der Waals surface area contributed by atoms with Gasteiger partial charge >= 0.3 is 0 Å². The first kappa shape index (κ1) is 18.0. The molecule has 7 heteroatoms. The van der Waals surface area contributed by atoms with E-state index in [9.17, 15) is 4.79 Å². The molecule has 2 aromatic rings. The molecule has 2 saturated heterocycles. The second-order valence-corrected chi connectivity index (χ2v) is 7.17. The van der Waals surface area contributed by atoms with E-state index >= 15 is 0 Å². The second kappa shape index (κ2) is 8.10. The molecule has 0 bridgehead atoms. The Morgan fingerprint density at radius 2 is 1.74 bits per heavy atom. The first-order chi connectivity index (χ1) is 13.2. The SMILES string of the molecule is Cn1ccnc1CN1CCN(C(=O)c2ccc(N3CCOCC3)cc2)CC1. The van der Waals surface area contributed by atoms with Crippen LogP contribution in [0.1, 0.15) is 16.2 Å². The lowest BCUT2D eigenvalue weighted by molar-refractivity contribution is 0.0624. The van der Waals surface area contributed by atoms with E-state index in [0.29, 0.717) is 0 Å². The average Bonchev–Trinajstić information content (AvgIpc) is 3.13. The van der Waals surface area contributed by atoms with E-state index in [1.165, 1.54) is 0 Å². The van der Waals surface area contributed by atoms with Gasteiger partial charge in [-0.05, 0) is 24.3 Å². The van der Waals surface area contributed by atoms with Gasteiger partial charge in [0, 0.05) is 70.0 Å². The molecule has 2 aliphatic heterocycles. The number of rotatable bonds is 4. The molecule has 3 heterocycles. The van der Waals surface area contributed by atoms with Crippen molar-refractivity contribution in [2.75, 3.05) is 57.4 Å². The highest BCUT2D eigenvalue weighted by Crippen LogP contribution is 2.18. The Morgan fingerprint density at radius 3 is 2.37 bits per heavy atom. The van der Waals surface area contributed by atoms with E-state index in [1.807, 2.05) is 41.0 Å². The third-order valence-corrected chi connectivity index (χ3v) is 5.44. The van der Waals surface area contributed by atoms with Gasteiger partial charge in [-0.2, -0.15) is 0 Å². The Kier molecular flexibility index (Phi) is 5.40. The molecule has 2 fully saturated rings. The molecule has 1 amide bonds. The number of hydrogen-bond acceptors (Lipinski definition) is 5. The maximum Gasteiger partial charge on any atom is 0.253 e. The van der Waals surface area contributed by atoms with E-state index in [1.54, 1.807) is 0 Å². The molecule has 0 N–H and O–H groups in total. The Morgan fingerprint density at radius 1 is 1.04 bits per heavy atom. The predicted molar refractivity (Wildman–Crippen MR) is 104 cm³/mol. The summed E-state index contributed by atoms with van der Waals surface area (Å²) in [6.45, 7) is 7.46. The molecule has 0 radical (unpaired) electrons. The van der Waals surface area contributed by atoms with Crippen LogP contribution in [0.2, 0.25) is 0 Å². The van der Waals surface area contributed by atoms with Gasteiger partial charge in [-0.25, -0.2) is 4.98 Å². The van der Waals surface area contributed by atoms with Crippen molar-refractivity contribution in [3.05, 3.63) is 48.0 Å². The van der Waals surface area contributed by atoms with E-state index in [0.717, 1.165) is 76.1 Å². The molecular weight excluding hydrogens is 342 g/mol. The van der Waals surface area contributed by atoms with Crippen molar-refractivity contribution in [3.63, 3.8) is 0 Å². The number of aromatic nitrogens is 2. The molecule has 7 nitrogen and oxygen atoms in total. The summed E-state index contributed by atoms with van der Waals surface area (Å²) in [5, 5.41) is 0. The molecule has 4 rings (SSSR count). The maximum absolute atomic E-state index is 12.8. The number of benzene rings is 1. The van der Waals surface area contributed by atoms with E-state index in [-0.39, 0.29) is 5.91 Å². The summed E-state index contributed by atoms with van der Waals surface area (Å²) in [5.74, 6) is 1.19. The van der Waals surface area contributed by atoms with Gasteiger partial charge in [0.25, 0.3) is 5.91 Å². The van der Waals surface area contributed by atoms with Crippen molar-refractivity contribution in [3.8, 4) is 0 Å². The van der Waals surface area contributed by atoms with Gasteiger partial charge < -0.3 is 19.1 Å². The fourth-order valence-corrected chi connectivity index (χ4v) is 3.68. The van der Waals surface area contributed by atoms with Crippen molar-refractivity contribution in [2.45, 2.75) is 6.54 Å². The zero-order valence-corrected chi connectivity index (χ0v) is 15.9. The molecule has 27 heavy (non-hydrogen) atoms. The normalized spacial score (nSPS) is 18.7. The fourth-order valence-electron chi connectivity index (χ4n) is 3.68. The molecule has 144 valence electrons. The zero-order chi connectivity index (χ0) is 18.6. The third-order valence-electron chi connectivity index (χ3n) is 5.44. The third kappa shape index (κ3) is 4.14. The van der Waals surface area contributed by atoms with Crippen LogP contribution in [0.4, 0.5) is 5.69 Å². The molecule has 0 aliphatic carbocycles. The highest BCUT2D eigenvalue weighted by Gasteiger charge is 2.23. The van der Waals surface area contributed by atoms with Gasteiger partial charge in [0.2, 0.25) is 0 Å². The van der Waals surface area contributed by atoms with Crippen molar-refractivity contribution < 1.29 is 9.53 Å². The van der Waals surface area contributed by atoms with Crippen molar-refractivity contribution in [1.29, 1.82) is 0 Å². The number of ether oxygens (including phenoxy) is 1. The van der Waals surface area contributed by atoms with Crippen LogP contribution in [0.25, 0.3) is 0 Å². The van der Waals surface area contributed by atoms with Gasteiger partial charge in [0.1, 0.15) is 5.82 Å². The highest BCUT2D eigenvalue weighted by atomic mass is 16.5. The predicted octanol–water partition coefficient (Wildman–Crippen LogP) is 1.21. The van der Waals surface area contributed by atoms with Gasteiger partial charge in [-0.1, -0.05) is 0 Å². The van der Waals surface area contributed by atoms with Crippen molar-refractivity contribution >= 4 is 11.6 Å². The topological polar surface area (TPSA) is 53.8 Å². The minimum atomic E-state index is 0.125. The van der Waals surface area contributed by atoms with Gasteiger partial charge in [-0.15, -0.1) is 0 Å². The molecule has 0 saturated carbocycles. The van der Waals surface area contributed by atoms with Crippen LogP contribution in [-0.4, -0.2) is 77.7 Å². The standard InChI is InChI=1S/C20H27N5O2/c1-22-7-6-21-19(22)16-23-8-10-25(11-9-23)20(26)17-2-4-18(5-3-17)24-12-14-27-15-13-24/h2-7H,8-16H2,1H3. The summed E-state index contributed by atoms with van der Waals surface area (Å²) < 4.78 is 7.45. The van der Waals surface area contributed by atoms with Crippen LogP contribution in [-0.2, 0) is 18.3 Å². The zero-order valence-electron chi connectivity index (χ0n) is 15.9. The molecule has 0 atom stereocenters. The minimum absolute atomic E-state index is 0.125. The van der Waals surface area contributed by atoms with E-state index in [2.05, 4.69) is 26.9 Å². The first-order valence-corrected chi connectivity index (χ1v) is 9.61. The number of anilines is 1. The lowest BCUT2D eigenvalue weighted by Crippen LogP contribution is -2.48. The number of carbonyl (C=O) groups is 1. The maximum atomic E-state index is 12.8. The van der Waals surface area contributed by atoms with Crippen LogP contribution < -0.4 is 4.90 Å². The fraction of sp³-hybridized carbons (Fsp3) is 0.500. The summed E-state index contributed by atoms with van der Waals surface area (Å²) in [6, 6.07) is 8.01. The number of morpholine rings is 1. The molecule has 0 unspecified atom stereocenters. The highest BCUT2D eigenvalue weighted by molar-refractivity contribution is 5.94. The lowest BCUT2D eigenvalue weighted by atomic mass is 10.1. The number of aryl methyl sites for hydroxylation is 1. The van der Waals surface area contributed by atoms with E-state index < -0.39 is 0 Å². The summed E-state index contributed by atoms with van der Waals surface area (Å²) in [7, 11) is 2.02. The van der Waals surface area contributed by atoms with Crippen LogP contribution in [0.5, 0.6) is 0 Å². The number of nitrogens with zero attached hydrogens (tertiary/aromatic N) is 5. The number of piperazine rings is 1. The summed E-state index contributed by atoms with van der Waals surface area (Å²) in [5.41, 5.74) is 1.93.